The standard InChI is InChI=1S/C26H20ClN3O2S/c27-20-9-5-18(6-10-20)16-32-21-11-7-17(8-12-21)13-19(14-28)25(31)30-26-23(15-29)22-3-1-2-4-24(22)33-26/h5-13H,1-4,16H2,(H,30,31)/b19-13+. The largest absolute Gasteiger partial charge is 0.489 e. The summed E-state index contributed by atoms with van der Waals surface area (Å²) in [5.41, 5.74) is 3.24. The molecule has 7 heteroatoms. The van der Waals surface area contributed by atoms with Gasteiger partial charge in [0.25, 0.3) is 5.91 Å². The number of hydrogen-bond donors (Lipinski definition) is 1. The van der Waals surface area contributed by atoms with Crippen LogP contribution in [0.1, 0.15) is 40.0 Å². The number of fused-ring (bicyclic) bond motifs is 1. The first-order valence-corrected chi connectivity index (χ1v) is 11.7. The maximum absolute atomic E-state index is 12.7. The molecule has 1 aromatic heterocycles. The number of nitrogens with one attached hydrogen (secondary N) is 1. The molecule has 1 amide bonds. The number of amides is 1. The van der Waals surface area contributed by atoms with Crippen molar-refractivity contribution in [3.8, 4) is 17.9 Å². The Labute approximate surface area is 201 Å². The summed E-state index contributed by atoms with van der Waals surface area (Å²) >= 11 is 7.34. The van der Waals surface area contributed by atoms with Crippen molar-refractivity contribution in [2.24, 2.45) is 0 Å². The maximum atomic E-state index is 12.7. The van der Waals surface area contributed by atoms with Gasteiger partial charge >= 0.3 is 0 Å². The van der Waals surface area contributed by atoms with Crippen LogP contribution in [-0.2, 0) is 24.2 Å². The highest BCUT2D eigenvalue weighted by molar-refractivity contribution is 7.16. The zero-order valence-corrected chi connectivity index (χ0v) is 19.3. The minimum Gasteiger partial charge on any atom is -0.489 e. The fourth-order valence-electron chi connectivity index (χ4n) is 3.67. The Morgan fingerprint density at radius 2 is 1.82 bits per heavy atom. The third-order valence-corrected chi connectivity index (χ3v) is 6.84. The van der Waals surface area contributed by atoms with Gasteiger partial charge in [0.2, 0.25) is 0 Å². The zero-order valence-electron chi connectivity index (χ0n) is 17.7. The molecule has 0 saturated heterocycles. The molecule has 1 aliphatic carbocycles. The Morgan fingerprint density at radius 1 is 1.09 bits per heavy atom. The van der Waals surface area contributed by atoms with E-state index in [4.69, 9.17) is 16.3 Å². The first-order valence-electron chi connectivity index (χ1n) is 10.5. The summed E-state index contributed by atoms with van der Waals surface area (Å²) in [7, 11) is 0. The number of hydrogen-bond acceptors (Lipinski definition) is 5. The van der Waals surface area contributed by atoms with E-state index in [-0.39, 0.29) is 5.57 Å². The fraction of sp³-hybridized carbons (Fsp3) is 0.192. The Balaban J connectivity index is 1.43. The van der Waals surface area contributed by atoms with Gasteiger partial charge in [-0.05, 0) is 72.7 Å². The molecular weight excluding hydrogens is 454 g/mol. The van der Waals surface area contributed by atoms with Crippen molar-refractivity contribution >= 4 is 39.9 Å². The third kappa shape index (κ3) is 5.43. The molecule has 33 heavy (non-hydrogen) atoms. The van der Waals surface area contributed by atoms with Crippen molar-refractivity contribution in [1.82, 2.24) is 0 Å². The van der Waals surface area contributed by atoms with Crippen LogP contribution in [0.2, 0.25) is 5.02 Å². The molecule has 4 rings (SSSR count). The highest BCUT2D eigenvalue weighted by Crippen LogP contribution is 2.37. The molecule has 1 N–H and O–H groups in total. The molecule has 0 spiro atoms. The van der Waals surface area contributed by atoms with Gasteiger partial charge in [0.1, 0.15) is 35.1 Å². The average Bonchev–Trinajstić information content (AvgIpc) is 3.19. The molecular formula is C26H20ClN3O2S. The number of rotatable bonds is 6. The number of anilines is 1. The quantitative estimate of drug-likeness (QED) is 0.337. The number of benzene rings is 2. The smallest absolute Gasteiger partial charge is 0.266 e. The topological polar surface area (TPSA) is 85.9 Å². The van der Waals surface area contributed by atoms with Gasteiger partial charge in [-0.15, -0.1) is 11.3 Å². The van der Waals surface area contributed by atoms with E-state index in [1.807, 2.05) is 30.3 Å². The van der Waals surface area contributed by atoms with Crippen molar-refractivity contribution in [2.45, 2.75) is 32.3 Å². The number of ether oxygens (including phenoxy) is 1. The SMILES string of the molecule is N#C/C(=C\c1ccc(OCc2ccc(Cl)cc2)cc1)C(=O)Nc1sc2c(c1C#N)CCCC2. The van der Waals surface area contributed by atoms with Gasteiger partial charge in [-0.3, -0.25) is 4.79 Å². The molecule has 0 unspecified atom stereocenters. The number of aryl methyl sites for hydroxylation is 1. The molecule has 0 fully saturated rings. The monoisotopic (exact) mass is 473 g/mol. The minimum absolute atomic E-state index is 0.0277. The van der Waals surface area contributed by atoms with Crippen molar-refractivity contribution in [3.63, 3.8) is 0 Å². The molecule has 2 aromatic carbocycles. The lowest BCUT2D eigenvalue weighted by Crippen LogP contribution is -2.13. The second kappa shape index (κ2) is 10.4. The van der Waals surface area contributed by atoms with Crippen molar-refractivity contribution in [2.75, 3.05) is 5.32 Å². The Bertz CT molecular complexity index is 1280. The van der Waals surface area contributed by atoms with Crippen LogP contribution >= 0.6 is 22.9 Å². The minimum atomic E-state index is -0.518. The normalized spacial score (nSPS) is 12.9. The van der Waals surface area contributed by atoms with Gasteiger partial charge < -0.3 is 10.1 Å². The lowest BCUT2D eigenvalue weighted by Gasteiger charge is -2.09. The highest BCUT2D eigenvalue weighted by Gasteiger charge is 2.22. The maximum Gasteiger partial charge on any atom is 0.266 e. The highest BCUT2D eigenvalue weighted by atomic mass is 35.5. The van der Waals surface area contributed by atoms with Crippen LogP contribution in [0.15, 0.2) is 54.1 Å². The van der Waals surface area contributed by atoms with Gasteiger partial charge in [-0.2, -0.15) is 10.5 Å². The molecule has 0 saturated carbocycles. The number of carbonyl (C=O) groups excluding carboxylic acids is 1. The second-order valence-corrected chi connectivity index (χ2v) is 9.18. The molecule has 164 valence electrons. The predicted molar refractivity (Wildman–Crippen MR) is 130 cm³/mol. The van der Waals surface area contributed by atoms with Crippen LogP contribution in [0.4, 0.5) is 5.00 Å². The Hall–Kier alpha value is -3.58. The number of nitrogens with zero attached hydrogens (tertiary/aromatic N) is 2. The van der Waals surface area contributed by atoms with Crippen LogP contribution in [-0.4, -0.2) is 5.91 Å². The molecule has 0 radical (unpaired) electrons. The van der Waals surface area contributed by atoms with Crippen LogP contribution < -0.4 is 10.1 Å². The molecule has 0 atom stereocenters. The fourth-order valence-corrected chi connectivity index (χ4v) is 5.03. The molecule has 0 bridgehead atoms. The summed E-state index contributed by atoms with van der Waals surface area (Å²) in [5.74, 6) is 0.156. The second-order valence-electron chi connectivity index (χ2n) is 7.63. The van der Waals surface area contributed by atoms with Crippen LogP contribution in [0.25, 0.3) is 6.08 Å². The van der Waals surface area contributed by atoms with E-state index in [2.05, 4.69) is 11.4 Å². The predicted octanol–water partition coefficient (Wildman–Crippen LogP) is 6.28. The number of halogens is 1. The van der Waals surface area contributed by atoms with Crippen molar-refractivity contribution < 1.29 is 9.53 Å². The zero-order chi connectivity index (χ0) is 23.2. The lowest BCUT2D eigenvalue weighted by atomic mass is 9.96. The van der Waals surface area contributed by atoms with E-state index in [0.717, 1.165) is 41.7 Å². The van der Waals surface area contributed by atoms with Crippen molar-refractivity contribution in [1.29, 1.82) is 10.5 Å². The molecule has 3 aromatic rings. The summed E-state index contributed by atoms with van der Waals surface area (Å²) in [6.45, 7) is 0.407. The Kier molecular flexibility index (Phi) is 7.10. The van der Waals surface area contributed by atoms with Gasteiger partial charge in [-0.1, -0.05) is 35.9 Å². The van der Waals surface area contributed by atoms with E-state index in [0.29, 0.717) is 33.5 Å². The van der Waals surface area contributed by atoms with E-state index in [9.17, 15) is 15.3 Å². The van der Waals surface area contributed by atoms with Gasteiger partial charge in [-0.25, -0.2) is 0 Å². The van der Waals surface area contributed by atoms with Crippen LogP contribution in [0.5, 0.6) is 5.75 Å². The van der Waals surface area contributed by atoms with Gasteiger partial charge in [0.05, 0.1) is 5.56 Å². The van der Waals surface area contributed by atoms with E-state index >= 15 is 0 Å². The first-order chi connectivity index (χ1) is 16.1. The Morgan fingerprint density at radius 3 is 2.52 bits per heavy atom. The lowest BCUT2D eigenvalue weighted by molar-refractivity contribution is -0.112. The first kappa shape index (κ1) is 22.6. The molecule has 5 nitrogen and oxygen atoms in total. The summed E-state index contributed by atoms with van der Waals surface area (Å²) in [5, 5.41) is 23.1. The molecule has 1 heterocycles. The van der Waals surface area contributed by atoms with E-state index in [1.54, 1.807) is 24.3 Å². The number of thiophene rings is 1. The van der Waals surface area contributed by atoms with Gasteiger partial charge in [0, 0.05) is 9.90 Å². The summed E-state index contributed by atoms with van der Waals surface area (Å²) < 4.78 is 5.77. The summed E-state index contributed by atoms with van der Waals surface area (Å²) in [4.78, 5) is 13.9. The van der Waals surface area contributed by atoms with Crippen LogP contribution in [0, 0.1) is 22.7 Å². The summed E-state index contributed by atoms with van der Waals surface area (Å²) in [6.07, 6.45) is 5.46. The molecule has 1 aliphatic rings. The summed E-state index contributed by atoms with van der Waals surface area (Å²) in [6, 6.07) is 18.8. The van der Waals surface area contributed by atoms with E-state index < -0.39 is 5.91 Å². The average molecular weight is 474 g/mol. The van der Waals surface area contributed by atoms with Crippen molar-refractivity contribution in [3.05, 3.63) is 86.3 Å². The van der Waals surface area contributed by atoms with E-state index in [1.165, 1.54) is 17.4 Å². The van der Waals surface area contributed by atoms with Gasteiger partial charge in [0.15, 0.2) is 0 Å². The number of carbonyl (C=O) groups is 1. The third-order valence-electron chi connectivity index (χ3n) is 5.39. The number of nitriles is 2. The van der Waals surface area contributed by atoms with Crippen LogP contribution in [0.3, 0.4) is 0 Å². The molecule has 0 aliphatic heterocycles.